The molecule has 0 radical (unpaired) electrons. The maximum atomic E-state index is 12.0. The summed E-state index contributed by atoms with van der Waals surface area (Å²) in [4.78, 5) is 23.1. The Labute approximate surface area is 152 Å². The first-order valence-corrected chi connectivity index (χ1v) is 7.66. The molecular formula is C15H11Cl3N2O4. The lowest BCUT2D eigenvalue weighted by atomic mass is 10.1. The second-order valence-electron chi connectivity index (χ2n) is 4.68. The van der Waals surface area contributed by atoms with Crippen LogP contribution in [0, 0.1) is 0 Å². The summed E-state index contributed by atoms with van der Waals surface area (Å²) in [6, 6.07) is 6.52. The van der Waals surface area contributed by atoms with E-state index in [4.69, 9.17) is 39.9 Å². The van der Waals surface area contributed by atoms with Gasteiger partial charge in [0, 0.05) is 0 Å². The molecule has 2 aromatic rings. The van der Waals surface area contributed by atoms with E-state index >= 15 is 0 Å². The zero-order chi connectivity index (χ0) is 17.9. The van der Waals surface area contributed by atoms with Crippen LogP contribution in [0.15, 0.2) is 30.3 Å². The summed E-state index contributed by atoms with van der Waals surface area (Å²) in [5.41, 5.74) is 0.244. The lowest BCUT2D eigenvalue weighted by molar-refractivity contribution is -0.114. The maximum absolute atomic E-state index is 12.0. The molecule has 2 rings (SSSR count). The Morgan fingerprint density at radius 3 is 2.29 bits per heavy atom. The lowest BCUT2D eigenvalue weighted by Crippen LogP contribution is -2.23. The number of anilines is 2. The Bertz CT molecular complexity index is 812. The van der Waals surface area contributed by atoms with Crippen molar-refractivity contribution in [2.75, 3.05) is 17.2 Å². The second kappa shape index (κ2) is 7.61. The number of hydrogen-bond acceptors (Lipinski definition) is 4. The zero-order valence-electron chi connectivity index (χ0n) is 11.9. The summed E-state index contributed by atoms with van der Waals surface area (Å²) in [5, 5.41) is 24.5. The van der Waals surface area contributed by atoms with Crippen LogP contribution in [0.3, 0.4) is 0 Å². The molecule has 1 amide bonds. The summed E-state index contributed by atoms with van der Waals surface area (Å²) < 4.78 is 0. The van der Waals surface area contributed by atoms with Crippen LogP contribution in [0.25, 0.3) is 0 Å². The molecule has 24 heavy (non-hydrogen) atoms. The van der Waals surface area contributed by atoms with Gasteiger partial charge in [0.1, 0.15) is 5.75 Å². The highest BCUT2D eigenvalue weighted by Gasteiger charge is 2.14. The van der Waals surface area contributed by atoms with Crippen LogP contribution in [-0.4, -0.2) is 28.6 Å². The average molecular weight is 390 g/mol. The number of carbonyl (C=O) groups excluding carboxylic acids is 1. The Morgan fingerprint density at radius 2 is 1.62 bits per heavy atom. The summed E-state index contributed by atoms with van der Waals surface area (Å²) >= 11 is 17.7. The van der Waals surface area contributed by atoms with Gasteiger partial charge < -0.3 is 20.8 Å². The number of carboxylic acids is 1. The van der Waals surface area contributed by atoms with Crippen molar-refractivity contribution in [3.63, 3.8) is 0 Å². The van der Waals surface area contributed by atoms with E-state index in [-0.39, 0.29) is 38.6 Å². The second-order valence-corrected chi connectivity index (χ2v) is 5.90. The number of nitrogens with one attached hydrogen (secondary N) is 2. The van der Waals surface area contributed by atoms with Crippen LogP contribution >= 0.6 is 34.8 Å². The Hall–Kier alpha value is -2.15. The standard InChI is InChI=1S/C15H11Cl3N2O4/c16-9-4-11(18)13(5-10(9)17)19-6-14(22)20-12-2-1-7(21)3-8(12)15(23)24/h1-5,19,21H,6H2,(H,20,22)(H,23,24). The molecule has 0 saturated heterocycles. The molecule has 0 aliphatic carbocycles. The third-order valence-electron chi connectivity index (χ3n) is 2.96. The molecule has 6 nitrogen and oxygen atoms in total. The van der Waals surface area contributed by atoms with E-state index in [0.29, 0.717) is 5.69 Å². The molecule has 0 heterocycles. The minimum Gasteiger partial charge on any atom is -0.508 e. The smallest absolute Gasteiger partial charge is 0.337 e. The van der Waals surface area contributed by atoms with Gasteiger partial charge in [0.05, 0.1) is 38.6 Å². The van der Waals surface area contributed by atoms with Crippen LogP contribution in [0.2, 0.25) is 15.1 Å². The summed E-state index contributed by atoms with van der Waals surface area (Å²) in [5.74, 6) is -2.00. The highest BCUT2D eigenvalue weighted by molar-refractivity contribution is 6.44. The SMILES string of the molecule is O=C(CNc1cc(Cl)c(Cl)cc1Cl)Nc1ccc(O)cc1C(=O)O. The van der Waals surface area contributed by atoms with E-state index in [1.165, 1.54) is 24.3 Å². The van der Waals surface area contributed by atoms with E-state index in [1.54, 1.807) is 0 Å². The summed E-state index contributed by atoms with van der Waals surface area (Å²) in [7, 11) is 0. The lowest BCUT2D eigenvalue weighted by Gasteiger charge is -2.12. The van der Waals surface area contributed by atoms with E-state index in [9.17, 15) is 14.7 Å². The highest BCUT2D eigenvalue weighted by Crippen LogP contribution is 2.32. The van der Waals surface area contributed by atoms with Crippen molar-refractivity contribution in [3.05, 3.63) is 51.0 Å². The van der Waals surface area contributed by atoms with E-state index in [1.807, 2.05) is 0 Å². The topological polar surface area (TPSA) is 98.7 Å². The van der Waals surface area contributed by atoms with Crippen molar-refractivity contribution in [2.45, 2.75) is 0 Å². The fourth-order valence-electron chi connectivity index (χ4n) is 1.85. The molecular weight excluding hydrogens is 379 g/mol. The first-order valence-electron chi connectivity index (χ1n) is 6.52. The summed E-state index contributed by atoms with van der Waals surface area (Å²) in [6.45, 7) is -0.183. The largest absolute Gasteiger partial charge is 0.508 e. The molecule has 4 N–H and O–H groups in total. The van der Waals surface area contributed by atoms with Gasteiger partial charge in [-0.1, -0.05) is 34.8 Å². The number of phenols is 1. The van der Waals surface area contributed by atoms with Gasteiger partial charge in [0.15, 0.2) is 0 Å². The van der Waals surface area contributed by atoms with Crippen LogP contribution in [-0.2, 0) is 4.79 Å². The fourth-order valence-corrected chi connectivity index (χ4v) is 2.46. The van der Waals surface area contributed by atoms with Gasteiger partial charge in [-0.15, -0.1) is 0 Å². The van der Waals surface area contributed by atoms with Crippen molar-refractivity contribution in [3.8, 4) is 5.75 Å². The Morgan fingerprint density at radius 1 is 0.958 bits per heavy atom. The molecule has 2 aromatic carbocycles. The van der Waals surface area contributed by atoms with E-state index in [2.05, 4.69) is 10.6 Å². The molecule has 0 aliphatic heterocycles. The number of phenolic OH excluding ortho intramolecular Hbond substituents is 1. The predicted molar refractivity (Wildman–Crippen MR) is 93.7 cm³/mol. The molecule has 9 heteroatoms. The molecule has 0 bridgehead atoms. The van der Waals surface area contributed by atoms with Gasteiger partial charge in [0.2, 0.25) is 5.91 Å². The number of carboxylic acid groups (broad SMARTS) is 1. The number of rotatable bonds is 5. The Kier molecular flexibility index (Phi) is 5.77. The number of aromatic hydroxyl groups is 1. The number of carbonyl (C=O) groups is 2. The third kappa shape index (κ3) is 4.44. The first kappa shape index (κ1) is 18.2. The quantitative estimate of drug-likeness (QED) is 0.456. The van der Waals surface area contributed by atoms with Crippen LogP contribution in [0.5, 0.6) is 5.75 Å². The molecule has 0 atom stereocenters. The highest BCUT2D eigenvalue weighted by atomic mass is 35.5. The van der Waals surface area contributed by atoms with Crippen molar-refractivity contribution in [1.82, 2.24) is 0 Å². The monoisotopic (exact) mass is 388 g/mol. The molecule has 0 spiro atoms. The van der Waals surface area contributed by atoms with Gasteiger partial charge in [-0.25, -0.2) is 4.79 Å². The van der Waals surface area contributed by atoms with Crippen molar-refractivity contribution < 1.29 is 19.8 Å². The number of aromatic carboxylic acids is 1. The van der Waals surface area contributed by atoms with Crippen LogP contribution < -0.4 is 10.6 Å². The average Bonchev–Trinajstić information content (AvgIpc) is 2.51. The number of benzene rings is 2. The van der Waals surface area contributed by atoms with Gasteiger partial charge in [-0.3, -0.25) is 4.79 Å². The van der Waals surface area contributed by atoms with Crippen molar-refractivity contribution in [1.29, 1.82) is 0 Å². The van der Waals surface area contributed by atoms with Crippen LogP contribution in [0.4, 0.5) is 11.4 Å². The van der Waals surface area contributed by atoms with Gasteiger partial charge in [0.25, 0.3) is 0 Å². The number of amides is 1. The van der Waals surface area contributed by atoms with Gasteiger partial charge >= 0.3 is 5.97 Å². The predicted octanol–water partition coefficient (Wildman–Crippen LogP) is 4.10. The third-order valence-corrected chi connectivity index (χ3v) is 3.99. The van der Waals surface area contributed by atoms with Gasteiger partial charge in [-0.05, 0) is 30.3 Å². The molecule has 126 valence electrons. The minimum absolute atomic E-state index is 0.0623. The molecule has 0 saturated carbocycles. The zero-order valence-corrected chi connectivity index (χ0v) is 14.2. The van der Waals surface area contributed by atoms with Crippen molar-refractivity contribution in [2.24, 2.45) is 0 Å². The number of hydrogen-bond donors (Lipinski definition) is 4. The molecule has 0 fully saturated rings. The molecule has 0 aliphatic rings. The Balaban J connectivity index is 2.07. The fraction of sp³-hybridized carbons (Fsp3) is 0.0667. The normalized spacial score (nSPS) is 10.3. The van der Waals surface area contributed by atoms with E-state index in [0.717, 1.165) is 6.07 Å². The maximum Gasteiger partial charge on any atom is 0.337 e. The minimum atomic E-state index is -1.28. The molecule has 0 unspecified atom stereocenters. The number of halogens is 3. The van der Waals surface area contributed by atoms with Crippen LogP contribution in [0.1, 0.15) is 10.4 Å². The van der Waals surface area contributed by atoms with Gasteiger partial charge in [-0.2, -0.15) is 0 Å². The van der Waals surface area contributed by atoms with E-state index < -0.39 is 11.9 Å². The molecule has 0 aromatic heterocycles. The first-order chi connectivity index (χ1) is 11.3. The summed E-state index contributed by atoms with van der Waals surface area (Å²) in [6.07, 6.45) is 0. The van der Waals surface area contributed by atoms with Crippen molar-refractivity contribution >= 4 is 58.1 Å².